The number of thiazole rings is 1. The third-order valence-electron chi connectivity index (χ3n) is 4.83. The van der Waals surface area contributed by atoms with Crippen molar-refractivity contribution in [3.05, 3.63) is 74.3 Å². The van der Waals surface area contributed by atoms with E-state index < -0.39 is 0 Å². The van der Waals surface area contributed by atoms with Crippen molar-refractivity contribution in [1.82, 2.24) is 4.98 Å². The highest BCUT2D eigenvalue weighted by Gasteiger charge is 2.24. The van der Waals surface area contributed by atoms with Crippen LogP contribution in [0.15, 0.2) is 42.5 Å². The van der Waals surface area contributed by atoms with E-state index in [1.807, 2.05) is 18.2 Å². The lowest BCUT2D eigenvalue weighted by molar-refractivity contribution is -0.385. The smallest absolute Gasteiger partial charge is 0.274 e. The zero-order valence-electron chi connectivity index (χ0n) is 17.1. The average molecular weight is 426 g/mol. The predicted octanol–water partition coefficient (Wildman–Crippen LogP) is 5.28. The van der Waals surface area contributed by atoms with Crippen LogP contribution in [0, 0.1) is 10.1 Å². The van der Waals surface area contributed by atoms with Crippen molar-refractivity contribution in [2.75, 3.05) is 12.1 Å². The van der Waals surface area contributed by atoms with Crippen LogP contribution in [-0.4, -0.2) is 16.7 Å². The number of rotatable bonds is 6. The number of nitrogens with one attached hydrogen (secondary N) is 1. The molecule has 4 rings (SSSR count). The molecule has 1 aromatic heterocycles. The highest BCUT2D eigenvalue weighted by atomic mass is 32.1. The molecule has 0 radical (unpaired) electrons. The lowest BCUT2D eigenvalue weighted by Crippen LogP contribution is -2.14. The molecule has 2 aromatic carbocycles. The molecule has 0 fully saturated rings. The number of hydrogen-bond acceptors (Lipinski definition) is 7. The molecule has 3 aromatic rings. The second-order valence-electron chi connectivity index (χ2n) is 8.14. The summed E-state index contributed by atoms with van der Waals surface area (Å²) in [5, 5.41) is 15.3. The van der Waals surface area contributed by atoms with Crippen LogP contribution >= 0.6 is 11.3 Å². The summed E-state index contributed by atoms with van der Waals surface area (Å²) < 4.78 is 10.9. The molecular formula is C22H23N3O4S. The summed E-state index contributed by atoms with van der Waals surface area (Å²) in [7, 11) is 0. The number of nitro groups is 1. The number of para-hydroxylation sites is 1. The van der Waals surface area contributed by atoms with Crippen LogP contribution in [0.4, 0.5) is 10.8 Å². The maximum absolute atomic E-state index is 11.3. The van der Waals surface area contributed by atoms with E-state index in [0.717, 1.165) is 39.2 Å². The first-order chi connectivity index (χ1) is 14.3. The number of fused-ring (bicyclic) bond motifs is 1. The van der Waals surface area contributed by atoms with Crippen molar-refractivity contribution < 1.29 is 14.4 Å². The van der Waals surface area contributed by atoms with Gasteiger partial charge in [-0.2, -0.15) is 0 Å². The van der Waals surface area contributed by atoms with Gasteiger partial charge in [0.1, 0.15) is 0 Å². The minimum Gasteiger partial charge on any atom is -0.454 e. The molecule has 1 N–H and O–H groups in total. The first-order valence-electron chi connectivity index (χ1n) is 9.66. The first kappa shape index (κ1) is 20.2. The Morgan fingerprint density at radius 1 is 1.17 bits per heavy atom. The minimum absolute atomic E-state index is 0.109. The molecule has 1 aliphatic rings. The fourth-order valence-electron chi connectivity index (χ4n) is 3.38. The van der Waals surface area contributed by atoms with E-state index in [9.17, 15) is 10.1 Å². The van der Waals surface area contributed by atoms with Gasteiger partial charge in [0.25, 0.3) is 5.69 Å². The second kappa shape index (κ2) is 7.95. The van der Waals surface area contributed by atoms with Gasteiger partial charge < -0.3 is 14.8 Å². The van der Waals surface area contributed by atoms with Crippen LogP contribution in [0.1, 0.15) is 42.5 Å². The summed E-state index contributed by atoms with van der Waals surface area (Å²) in [6.45, 7) is 7.01. The van der Waals surface area contributed by atoms with Crippen LogP contribution in [0.5, 0.6) is 11.5 Å². The molecule has 30 heavy (non-hydrogen) atoms. The molecule has 0 bridgehead atoms. The van der Waals surface area contributed by atoms with E-state index in [-0.39, 0.29) is 22.8 Å². The Hall–Kier alpha value is -3.13. The standard InChI is InChI=1S/C22H23N3O4S/c1-22(2,3)20-19(11-14-8-9-17-18(10-14)29-13-28-17)30-21(24-20)23-12-15-6-4-5-7-16(15)25(26)27/h4-10H,11-13H2,1-3H3,(H,23,24). The van der Waals surface area contributed by atoms with Gasteiger partial charge in [-0.25, -0.2) is 4.98 Å². The largest absolute Gasteiger partial charge is 0.454 e. The van der Waals surface area contributed by atoms with Crippen molar-refractivity contribution in [3.8, 4) is 11.5 Å². The Bertz CT molecular complexity index is 1090. The Kier molecular flexibility index (Phi) is 5.34. The Balaban J connectivity index is 1.57. The maximum Gasteiger partial charge on any atom is 0.274 e. The molecule has 8 heteroatoms. The van der Waals surface area contributed by atoms with E-state index in [0.29, 0.717) is 12.1 Å². The first-order valence-corrected chi connectivity index (χ1v) is 10.5. The molecule has 156 valence electrons. The molecule has 0 saturated heterocycles. The number of hydrogen-bond donors (Lipinski definition) is 1. The molecular weight excluding hydrogens is 402 g/mol. The Labute approximate surface area is 178 Å². The molecule has 0 saturated carbocycles. The van der Waals surface area contributed by atoms with E-state index in [1.54, 1.807) is 29.5 Å². The fraction of sp³-hybridized carbons (Fsp3) is 0.318. The van der Waals surface area contributed by atoms with Gasteiger partial charge in [-0.3, -0.25) is 10.1 Å². The number of nitro benzene ring substituents is 1. The van der Waals surface area contributed by atoms with E-state index >= 15 is 0 Å². The number of aromatic nitrogens is 1. The Morgan fingerprint density at radius 2 is 1.93 bits per heavy atom. The number of benzene rings is 2. The minimum atomic E-state index is -0.357. The summed E-state index contributed by atoms with van der Waals surface area (Å²) in [6, 6.07) is 12.7. The summed E-state index contributed by atoms with van der Waals surface area (Å²) in [4.78, 5) is 16.9. The van der Waals surface area contributed by atoms with Crippen LogP contribution < -0.4 is 14.8 Å². The lowest BCUT2D eigenvalue weighted by Gasteiger charge is -2.17. The molecule has 1 aliphatic heterocycles. The normalized spacial score (nSPS) is 12.8. The summed E-state index contributed by atoms with van der Waals surface area (Å²) in [5.41, 5.74) is 2.76. The third kappa shape index (κ3) is 4.23. The molecule has 0 aliphatic carbocycles. The molecule has 0 atom stereocenters. The molecule has 0 amide bonds. The van der Waals surface area contributed by atoms with Crippen molar-refractivity contribution in [2.24, 2.45) is 0 Å². The Morgan fingerprint density at radius 3 is 2.70 bits per heavy atom. The van der Waals surface area contributed by atoms with Crippen LogP contribution in [0.2, 0.25) is 0 Å². The van der Waals surface area contributed by atoms with Crippen LogP contribution in [0.3, 0.4) is 0 Å². The van der Waals surface area contributed by atoms with Gasteiger partial charge in [-0.05, 0) is 17.7 Å². The highest BCUT2D eigenvalue weighted by molar-refractivity contribution is 7.15. The summed E-state index contributed by atoms with van der Waals surface area (Å²) >= 11 is 1.58. The topological polar surface area (TPSA) is 86.5 Å². The summed E-state index contributed by atoms with van der Waals surface area (Å²) in [5.74, 6) is 1.54. The second-order valence-corrected chi connectivity index (χ2v) is 9.23. The zero-order valence-corrected chi connectivity index (χ0v) is 17.9. The molecule has 0 spiro atoms. The van der Waals surface area contributed by atoms with Gasteiger partial charge in [0.05, 0.1) is 10.6 Å². The number of ether oxygens (including phenoxy) is 2. The molecule has 7 nitrogen and oxygen atoms in total. The van der Waals surface area contributed by atoms with E-state index in [4.69, 9.17) is 14.5 Å². The van der Waals surface area contributed by atoms with Crippen molar-refractivity contribution in [3.63, 3.8) is 0 Å². The number of anilines is 1. The highest BCUT2D eigenvalue weighted by Crippen LogP contribution is 2.37. The SMILES string of the molecule is CC(C)(C)c1nc(NCc2ccccc2[N+](=O)[O-])sc1Cc1ccc2c(c1)OCO2. The fourth-order valence-corrected chi connectivity index (χ4v) is 4.58. The zero-order chi connectivity index (χ0) is 21.3. The van der Waals surface area contributed by atoms with Gasteiger partial charge in [-0.15, -0.1) is 11.3 Å². The monoisotopic (exact) mass is 425 g/mol. The van der Waals surface area contributed by atoms with E-state index in [1.165, 1.54) is 6.07 Å². The summed E-state index contributed by atoms with van der Waals surface area (Å²) in [6.07, 6.45) is 0.730. The lowest BCUT2D eigenvalue weighted by atomic mass is 9.90. The van der Waals surface area contributed by atoms with Crippen molar-refractivity contribution in [1.29, 1.82) is 0 Å². The van der Waals surface area contributed by atoms with Gasteiger partial charge >= 0.3 is 0 Å². The van der Waals surface area contributed by atoms with Crippen LogP contribution in [-0.2, 0) is 18.4 Å². The van der Waals surface area contributed by atoms with Gasteiger partial charge in [0, 0.05) is 34.9 Å². The van der Waals surface area contributed by atoms with Crippen molar-refractivity contribution in [2.45, 2.75) is 39.2 Å². The number of nitrogens with zero attached hydrogens (tertiary/aromatic N) is 2. The quantitative estimate of drug-likeness (QED) is 0.427. The van der Waals surface area contributed by atoms with Gasteiger partial charge in [0.15, 0.2) is 16.6 Å². The maximum atomic E-state index is 11.3. The third-order valence-corrected chi connectivity index (χ3v) is 5.84. The predicted molar refractivity (Wildman–Crippen MR) is 117 cm³/mol. The van der Waals surface area contributed by atoms with E-state index in [2.05, 4.69) is 26.1 Å². The van der Waals surface area contributed by atoms with Gasteiger partial charge in [-0.1, -0.05) is 45.0 Å². The van der Waals surface area contributed by atoms with Gasteiger partial charge in [0.2, 0.25) is 6.79 Å². The van der Waals surface area contributed by atoms with Crippen molar-refractivity contribution >= 4 is 22.2 Å². The molecule has 0 unspecified atom stereocenters. The average Bonchev–Trinajstić information content (AvgIpc) is 3.32. The molecule has 2 heterocycles. The van der Waals surface area contributed by atoms with Crippen LogP contribution in [0.25, 0.3) is 0 Å².